The molecule has 2 heterocycles. The summed E-state index contributed by atoms with van der Waals surface area (Å²) >= 11 is 0. The molecular weight excluding hydrogens is 424 g/mol. The van der Waals surface area contributed by atoms with Gasteiger partial charge in [0.25, 0.3) is 0 Å². The highest BCUT2D eigenvalue weighted by Crippen LogP contribution is 2.20. The molecular formula is C24H38N4O5. The number of hydrogen-bond donors (Lipinski definition) is 3. The van der Waals surface area contributed by atoms with Crippen LogP contribution in [0.15, 0.2) is 12.1 Å². The molecule has 9 nitrogen and oxygen atoms in total. The predicted molar refractivity (Wildman–Crippen MR) is 126 cm³/mol. The van der Waals surface area contributed by atoms with Crippen LogP contribution in [0.1, 0.15) is 64.6 Å². The number of aliphatic carboxylic acids is 1. The summed E-state index contributed by atoms with van der Waals surface area (Å²) in [4.78, 5) is 41.7. The number of pyridine rings is 1. The second kappa shape index (κ2) is 12.5. The summed E-state index contributed by atoms with van der Waals surface area (Å²) in [6, 6.07) is 3.23. The number of anilines is 1. The number of nitrogens with one attached hydrogen (secondary N) is 2. The van der Waals surface area contributed by atoms with Crippen molar-refractivity contribution in [3.05, 3.63) is 23.4 Å². The van der Waals surface area contributed by atoms with Gasteiger partial charge in [-0.05, 0) is 77.5 Å². The molecule has 184 valence electrons. The summed E-state index contributed by atoms with van der Waals surface area (Å²) in [6.07, 6.45) is 4.95. The highest BCUT2D eigenvalue weighted by Gasteiger charge is 2.22. The summed E-state index contributed by atoms with van der Waals surface area (Å²) in [5, 5.41) is 15.2. The first-order valence-electron chi connectivity index (χ1n) is 11.7. The van der Waals surface area contributed by atoms with Crippen molar-refractivity contribution in [2.45, 2.75) is 77.9 Å². The summed E-state index contributed by atoms with van der Waals surface area (Å²) in [5.41, 5.74) is 1.72. The van der Waals surface area contributed by atoms with E-state index in [2.05, 4.69) is 22.8 Å². The van der Waals surface area contributed by atoms with Gasteiger partial charge >= 0.3 is 11.9 Å². The number of hydrogen-bond acceptors (Lipinski definition) is 7. The second-order valence-electron chi connectivity index (χ2n) is 9.54. The first-order valence-corrected chi connectivity index (χ1v) is 11.7. The van der Waals surface area contributed by atoms with Crippen molar-refractivity contribution in [1.82, 2.24) is 15.2 Å². The molecule has 1 aromatic rings. The zero-order chi connectivity index (χ0) is 24.4. The summed E-state index contributed by atoms with van der Waals surface area (Å²) in [5.74, 6) is -0.845. The third-order valence-electron chi connectivity index (χ3n) is 5.29. The lowest BCUT2D eigenvalue weighted by atomic mass is 10.1. The number of unbranched alkanes of at least 4 members (excludes halogenated alkanes) is 1. The number of carbonyl (C=O) groups is 3. The number of nitrogens with zero attached hydrogens (tertiary/aromatic N) is 2. The van der Waals surface area contributed by atoms with E-state index < -0.39 is 23.5 Å². The average Bonchev–Trinajstić information content (AvgIpc) is 2.71. The van der Waals surface area contributed by atoms with Gasteiger partial charge in [0.1, 0.15) is 17.5 Å². The van der Waals surface area contributed by atoms with Crippen LogP contribution >= 0.6 is 0 Å². The minimum atomic E-state index is -1.09. The number of rotatable bonds is 12. The van der Waals surface area contributed by atoms with Gasteiger partial charge in [-0.2, -0.15) is 0 Å². The third kappa shape index (κ3) is 10.2. The molecule has 0 aliphatic carbocycles. The van der Waals surface area contributed by atoms with E-state index in [0.717, 1.165) is 50.2 Å². The van der Waals surface area contributed by atoms with Gasteiger partial charge in [0, 0.05) is 25.7 Å². The number of carboxylic acids is 1. The zero-order valence-corrected chi connectivity index (χ0v) is 20.3. The van der Waals surface area contributed by atoms with Crippen molar-refractivity contribution in [3.63, 3.8) is 0 Å². The van der Waals surface area contributed by atoms with Gasteiger partial charge in [-0.25, -0.2) is 9.78 Å². The molecule has 0 bridgehead atoms. The van der Waals surface area contributed by atoms with Crippen LogP contribution in [0, 0.1) is 0 Å². The van der Waals surface area contributed by atoms with Crippen LogP contribution in [0.2, 0.25) is 0 Å². The Bertz CT molecular complexity index is 822. The number of aromatic nitrogens is 1. The van der Waals surface area contributed by atoms with Crippen LogP contribution in [0.3, 0.4) is 0 Å². The van der Waals surface area contributed by atoms with Gasteiger partial charge in [-0.3, -0.25) is 14.5 Å². The first-order chi connectivity index (χ1) is 15.5. The van der Waals surface area contributed by atoms with Gasteiger partial charge in [0.15, 0.2) is 0 Å². The summed E-state index contributed by atoms with van der Waals surface area (Å²) in [7, 11) is 0. The van der Waals surface area contributed by atoms with E-state index in [-0.39, 0.29) is 18.9 Å². The molecule has 0 radical (unpaired) electrons. The molecule has 3 N–H and O–H groups in total. The highest BCUT2D eigenvalue weighted by atomic mass is 16.6. The zero-order valence-electron chi connectivity index (χ0n) is 20.3. The number of esters is 1. The number of carboxylic acid groups (broad SMARTS) is 1. The Balaban J connectivity index is 1.89. The van der Waals surface area contributed by atoms with Crippen molar-refractivity contribution in [1.29, 1.82) is 0 Å². The number of amides is 1. The Morgan fingerprint density at radius 2 is 2.00 bits per heavy atom. The van der Waals surface area contributed by atoms with Gasteiger partial charge < -0.3 is 20.5 Å². The van der Waals surface area contributed by atoms with Crippen LogP contribution in [-0.2, 0) is 32.0 Å². The van der Waals surface area contributed by atoms with Crippen molar-refractivity contribution in [3.8, 4) is 0 Å². The summed E-state index contributed by atoms with van der Waals surface area (Å²) in [6.45, 7) is 8.74. The average molecular weight is 463 g/mol. The van der Waals surface area contributed by atoms with E-state index in [0.29, 0.717) is 13.1 Å². The van der Waals surface area contributed by atoms with Gasteiger partial charge in [0.2, 0.25) is 5.91 Å². The third-order valence-corrected chi connectivity index (χ3v) is 5.29. The van der Waals surface area contributed by atoms with E-state index in [1.165, 1.54) is 12.5 Å². The van der Waals surface area contributed by atoms with Gasteiger partial charge in [-0.1, -0.05) is 6.07 Å². The molecule has 0 saturated carbocycles. The Morgan fingerprint density at radius 1 is 1.24 bits per heavy atom. The molecule has 0 saturated heterocycles. The minimum Gasteiger partial charge on any atom is -0.480 e. The number of carbonyl (C=O) groups excluding carboxylic acids is 2. The standard InChI is InChI=1S/C24H38N4O5/c1-17(29)26-20(23(31)32)12-15-28(16-21(30)33-24(2,3)4)14-6-5-9-19-11-10-18-8-7-13-25-22(18)27-19/h10-11,20H,5-9,12-16H2,1-4H3,(H,25,27)(H,26,29)(H,31,32). The van der Waals surface area contributed by atoms with Crippen molar-refractivity contribution >= 4 is 23.7 Å². The molecule has 33 heavy (non-hydrogen) atoms. The molecule has 0 aromatic carbocycles. The minimum absolute atomic E-state index is 0.0741. The van der Waals surface area contributed by atoms with E-state index >= 15 is 0 Å². The van der Waals surface area contributed by atoms with E-state index in [4.69, 9.17) is 9.72 Å². The maximum atomic E-state index is 12.3. The first kappa shape index (κ1) is 26.6. The lowest BCUT2D eigenvalue weighted by molar-refractivity contribution is -0.156. The molecule has 1 unspecified atom stereocenters. The topological polar surface area (TPSA) is 121 Å². The maximum absolute atomic E-state index is 12.3. The largest absolute Gasteiger partial charge is 0.480 e. The van der Waals surface area contributed by atoms with Crippen molar-refractivity contribution in [2.24, 2.45) is 0 Å². The normalized spacial score (nSPS) is 14.2. The Hall–Kier alpha value is -2.68. The Kier molecular flexibility index (Phi) is 10.1. The quantitative estimate of drug-likeness (QED) is 0.320. The molecule has 1 aromatic heterocycles. The molecule has 1 atom stereocenters. The highest BCUT2D eigenvalue weighted by molar-refractivity contribution is 5.82. The molecule has 0 spiro atoms. The predicted octanol–water partition coefficient (Wildman–Crippen LogP) is 2.39. The smallest absolute Gasteiger partial charge is 0.326 e. The van der Waals surface area contributed by atoms with Crippen LogP contribution in [0.25, 0.3) is 0 Å². The molecule has 2 rings (SSSR count). The number of aryl methyl sites for hydroxylation is 2. The van der Waals surface area contributed by atoms with Crippen LogP contribution in [0.5, 0.6) is 0 Å². The van der Waals surface area contributed by atoms with Crippen LogP contribution < -0.4 is 10.6 Å². The molecule has 1 aliphatic rings. The summed E-state index contributed by atoms with van der Waals surface area (Å²) < 4.78 is 5.43. The fourth-order valence-electron chi connectivity index (χ4n) is 3.79. The van der Waals surface area contributed by atoms with E-state index in [9.17, 15) is 19.5 Å². The van der Waals surface area contributed by atoms with Crippen LogP contribution in [-0.4, -0.2) is 70.7 Å². The molecule has 9 heteroatoms. The molecule has 0 fully saturated rings. The van der Waals surface area contributed by atoms with Gasteiger partial charge in [0.05, 0.1) is 6.54 Å². The molecule has 1 aliphatic heterocycles. The van der Waals surface area contributed by atoms with Gasteiger partial charge in [-0.15, -0.1) is 0 Å². The SMILES string of the molecule is CC(=O)NC(CCN(CCCCc1ccc2c(n1)NCCC2)CC(=O)OC(C)(C)C)C(=O)O. The lowest BCUT2D eigenvalue weighted by Crippen LogP contribution is -2.43. The number of ether oxygens (including phenoxy) is 1. The fraction of sp³-hybridized carbons (Fsp3) is 0.667. The maximum Gasteiger partial charge on any atom is 0.326 e. The Morgan fingerprint density at radius 3 is 2.67 bits per heavy atom. The fourth-order valence-corrected chi connectivity index (χ4v) is 3.79. The van der Waals surface area contributed by atoms with Crippen molar-refractivity contribution < 1.29 is 24.2 Å². The van der Waals surface area contributed by atoms with E-state index in [1.54, 1.807) is 0 Å². The molecule has 1 amide bonds. The van der Waals surface area contributed by atoms with Crippen LogP contribution in [0.4, 0.5) is 5.82 Å². The second-order valence-corrected chi connectivity index (χ2v) is 9.54. The monoisotopic (exact) mass is 462 g/mol. The lowest BCUT2D eigenvalue weighted by Gasteiger charge is -2.26. The Labute approximate surface area is 196 Å². The van der Waals surface area contributed by atoms with Crippen molar-refractivity contribution in [2.75, 3.05) is 31.5 Å². The number of fused-ring (bicyclic) bond motifs is 1. The van der Waals surface area contributed by atoms with E-state index in [1.807, 2.05) is 25.7 Å².